The van der Waals surface area contributed by atoms with E-state index in [0.717, 1.165) is 35.6 Å². The van der Waals surface area contributed by atoms with Gasteiger partial charge in [0.15, 0.2) is 5.16 Å². The number of hydrogen-bond acceptors (Lipinski definition) is 7. The van der Waals surface area contributed by atoms with Gasteiger partial charge in [0, 0.05) is 29.0 Å². The number of nitrogens with one attached hydrogen (secondary N) is 1. The summed E-state index contributed by atoms with van der Waals surface area (Å²) in [5.41, 5.74) is 1.53. The Morgan fingerprint density at radius 3 is 2.84 bits per heavy atom. The summed E-state index contributed by atoms with van der Waals surface area (Å²) in [6.45, 7) is 1.28. The lowest BCUT2D eigenvalue weighted by molar-refractivity contribution is -0.119. The molecule has 1 amide bonds. The van der Waals surface area contributed by atoms with Crippen molar-refractivity contribution in [2.75, 3.05) is 18.9 Å². The van der Waals surface area contributed by atoms with Crippen LogP contribution in [0.2, 0.25) is 0 Å². The quantitative estimate of drug-likeness (QED) is 0.308. The van der Waals surface area contributed by atoms with Gasteiger partial charge in [0.1, 0.15) is 4.83 Å². The molecule has 1 saturated heterocycles. The zero-order valence-corrected chi connectivity index (χ0v) is 19.6. The number of fused-ring (bicyclic) bond motifs is 1. The average Bonchev–Trinajstić information content (AvgIpc) is 3.58. The van der Waals surface area contributed by atoms with E-state index < -0.39 is 0 Å². The molecule has 4 heterocycles. The number of rotatable bonds is 7. The van der Waals surface area contributed by atoms with E-state index in [1.54, 1.807) is 15.9 Å². The van der Waals surface area contributed by atoms with E-state index in [1.807, 2.05) is 53.2 Å². The number of benzene rings is 1. The minimum Gasteiger partial charge on any atom is -0.376 e. The maximum Gasteiger partial charge on any atom is 0.268 e. The summed E-state index contributed by atoms with van der Waals surface area (Å²) in [4.78, 5) is 32.6. The van der Waals surface area contributed by atoms with Gasteiger partial charge in [-0.05, 0) is 36.4 Å². The zero-order chi connectivity index (χ0) is 21.9. The molecule has 1 aromatic carbocycles. The smallest absolute Gasteiger partial charge is 0.268 e. The van der Waals surface area contributed by atoms with Crippen LogP contribution in [0.5, 0.6) is 0 Å². The summed E-state index contributed by atoms with van der Waals surface area (Å²) in [6.07, 6.45) is 2.11. The van der Waals surface area contributed by atoms with Crippen LogP contribution in [-0.4, -0.2) is 40.5 Å². The number of aromatic nitrogens is 2. The summed E-state index contributed by atoms with van der Waals surface area (Å²) in [7, 11) is 0. The fraction of sp³-hybridized carbons (Fsp3) is 0.261. The van der Waals surface area contributed by atoms with Gasteiger partial charge >= 0.3 is 0 Å². The lowest BCUT2D eigenvalue weighted by Crippen LogP contribution is -2.33. The van der Waals surface area contributed by atoms with Gasteiger partial charge in [0.25, 0.3) is 5.56 Å². The number of ether oxygens (including phenoxy) is 1. The fourth-order valence-electron chi connectivity index (χ4n) is 3.70. The van der Waals surface area contributed by atoms with E-state index in [9.17, 15) is 9.59 Å². The van der Waals surface area contributed by atoms with Gasteiger partial charge in [0.2, 0.25) is 5.91 Å². The van der Waals surface area contributed by atoms with Crippen LogP contribution in [0.4, 0.5) is 0 Å². The highest BCUT2D eigenvalue weighted by atomic mass is 32.2. The normalized spacial score (nSPS) is 15.9. The molecule has 0 unspecified atom stereocenters. The number of para-hydroxylation sites is 1. The third-order valence-electron chi connectivity index (χ3n) is 5.26. The van der Waals surface area contributed by atoms with E-state index in [4.69, 9.17) is 9.72 Å². The van der Waals surface area contributed by atoms with Crippen LogP contribution in [-0.2, 0) is 9.53 Å². The molecule has 0 aliphatic carbocycles. The maximum absolute atomic E-state index is 13.7. The summed E-state index contributed by atoms with van der Waals surface area (Å²) in [6, 6.07) is 13.4. The monoisotopic (exact) mass is 483 g/mol. The standard InChI is InChI=1S/C23H21N3O3S3/c27-19(24-12-16-8-4-10-29-16)14-32-23-25-21-20(17(13-31-21)18-9-5-11-30-18)22(28)26(23)15-6-2-1-3-7-15/h1-3,5-7,9,11,13,16H,4,8,10,12,14H2,(H,24,27)/t16-/m0/s1. The highest BCUT2D eigenvalue weighted by molar-refractivity contribution is 7.99. The minimum absolute atomic E-state index is 0.0927. The van der Waals surface area contributed by atoms with Crippen molar-refractivity contribution >= 4 is 50.6 Å². The van der Waals surface area contributed by atoms with Gasteiger partial charge in [-0.3, -0.25) is 14.2 Å². The molecule has 32 heavy (non-hydrogen) atoms. The molecule has 0 bridgehead atoms. The number of thiophene rings is 2. The van der Waals surface area contributed by atoms with Crippen molar-refractivity contribution in [3.63, 3.8) is 0 Å². The van der Waals surface area contributed by atoms with Gasteiger partial charge in [-0.15, -0.1) is 22.7 Å². The lowest BCUT2D eigenvalue weighted by atomic mass is 10.2. The number of carbonyl (C=O) groups is 1. The molecular formula is C23H21N3O3S3. The van der Waals surface area contributed by atoms with Gasteiger partial charge in [-0.25, -0.2) is 4.98 Å². The van der Waals surface area contributed by atoms with Gasteiger partial charge < -0.3 is 10.1 Å². The van der Waals surface area contributed by atoms with Crippen LogP contribution in [0.25, 0.3) is 26.3 Å². The van der Waals surface area contributed by atoms with Crippen molar-refractivity contribution < 1.29 is 9.53 Å². The Kier molecular flexibility index (Phi) is 6.40. The molecule has 0 radical (unpaired) electrons. The van der Waals surface area contributed by atoms with Crippen LogP contribution in [0.1, 0.15) is 12.8 Å². The molecule has 1 aliphatic heterocycles. The molecule has 1 aliphatic rings. The second-order valence-corrected chi connectivity index (χ2v) is 10.2. The van der Waals surface area contributed by atoms with Gasteiger partial charge in [0.05, 0.1) is 22.9 Å². The Hall–Kier alpha value is -2.46. The Labute approximate surface area is 197 Å². The second kappa shape index (κ2) is 9.58. The first-order valence-electron chi connectivity index (χ1n) is 10.4. The third kappa shape index (κ3) is 4.38. The molecule has 0 saturated carbocycles. The number of carbonyl (C=O) groups excluding carboxylic acids is 1. The Balaban J connectivity index is 1.47. The first-order valence-corrected chi connectivity index (χ1v) is 13.1. The maximum atomic E-state index is 13.7. The SMILES string of the molecule is O=C(CSc1nc2scc(-c3cccs3)c2c(=O)n1-c1ccccc1)NC[C@@H]1CCCO1. The van der Waals surface area contributed by atoms with Crippen molar-refractivity contribution in [3.05, 3.63) is 63.6 Å². The van der Waals surface area contributed by atoms with Gasteiger partial charge in [-0.1, -0.05) is 36.0 Å². The number of thioether (sulfide) groups is 1. The molecule has 6 nitrogen and oxygen atoms in total. The number of hydrogen-bond donors (Lipinski definition) is 1. The van der Waals surface area contributed by atoms with E-state index in [-0.39, 0.29) is 23.3 Å². The third-order valence-corrected chi connectivity index (χ3v) is 7.98. The summed E-state index contributed by atoms with van der Waals surface area (Å²) in [5, 5.41) is 8.06. The molecule has 1 fully saturated rings. The first kappa shape index (κ1) is 21.4. The highest BCUT2D eigenvalue weighted by Crippen LogP contribution is 2.35. The summed E-state index contributed by atoms with van der Waals surface area (Å²) in [5.74, 6) is 0.0885. The Bertz CT molecular complexity index is 1280. The molecule has 164 valence electrons. The van der Waals surface area contributed by atoms with Crippen molar-refractivity contribution in [1.29, 1.82) is 0 Å². The lowest BCUT2D eigenvalue weighted by Gasteiger charge is -2.13. The topological polar surface area (TPSA) is 73.2 Å². The first-order chi connectivity index (χ1) is 15.7. The van der Waals surface area contributed by atoms with E-state index in [1.165, 1.54) is 23.1 Å². The molecule has 3 aromatic heterocycles. The molecule has 9 heteroatoms. The molecule has 1 atom stereocenters. The van der Waals surface area contributed by atoms with Crippen molar-refractivity contribution in [1.82, 2.24) is 14.9 Å². The Morgan fingerprint density at radius 1 is 1.22 bits per heavy atom. The largest absolute Gasteiger partial charge is 0.376 e. The van der Waals surface area contributed by atoms with Crippen molar-refractivity contribution in [2.45, 2.75) is 24.1 Å². The summed E-state index contributed by atoms with van der Waals surface area (Å²) >= 11 is 4.34. The number of amides is 1. The number of nitrogens with zero attached hydrogens (tertiary/aromatic N) is 2. The van der Waals surface area contributed by atoms with Crippen LogP contribution in [0.3, 0.4) is 0 Å². The van der Waals surface area contributed by atoms with E-state index in [2.05, 4.69) is 5.32 Å². The predicted octanol–water partition coefficient (Wildman–Crippen LogP) is 4.56. The molecular weight excluding hydrogens is 462 g/mol. The van der Waals surface area contributed by atoms with Crippen LogP contribution >= 0.6 is 34.4 Å². The van der Waals surface area contributed by atoms with Crippen LogP contribution in [0.15, 0.2) is 63.2 Å². The average molecular weight is 484 g/mol. The van der Waals surface area contributed by atoms with Crippen molar-refractivity contribution in [2.24, 2.45) is 0 Å². The van der Waals surface area contributed by atoms with Gasteiger partial charge in [-0.2, -0.15) is 0 Å². The second-order valence-electron chi connectivity index (χ2n) is 7.41. The summed E-state index contributed by atoms with van der Waals surface area (Å²) < 4.78 is 7.18. The van der Waals surface area contributed by atoms with Crippen LogP contribution in [0, 0.1) is 0 Å². The zero-order valence-electron chi connectivity index (χ0n) is 17.2. The van der Waals surface area contributed by atoms with E-state index >= 15 is 0 Å². The predicted molar refractivity (Wildman–Crippen MR) is 131 cm³/mol. The minimum atomic E-state index is -0.117. The highest BCUT2D eigenvalue weighted by Gasteiger charge is 2.20. The molecule has 4 aromatic rings. The molecule has 1 N–H and O–H groups in total. The van der Waals surface area contributed by atoms with Crippen LogP contribution < -0.4 is 10.9 Å². The van der Waals surface area contributed by atoms with E-state index in [0.29, 0.717) is 21.9 Å². The Morgan fingerprint density at radius 2 is 2.09 bits per heavy atom. The fourth-order valence-corrected chi connectivity index (χ4v) is 6.35. The molecule has 0 spiro atoms. The van der Waals surface area contributed by atoms with Crippen molar-refractivity contribution in [3.8, 4) is 16.1 Å². The molecule has 5 rings (SSSR count).